The summed E-state index contributed by atoms with van der Waals surface area (Å²) in [6.45, 7) is 4.87. The van der Waals surface area contributed by atoms with Crippen molar-refractivity contribution in [3.05, 3.63) is 111 Å². The van der Waals surface area contributed by atoms with Crippen LogP contribution in [0.4, 0.5) is 19.4 Å². The van der Waals surface area contributed by atoms with Gasteiger partial charge in [0.05, 0.1) is 47.6 Å². The number of fused-ring (bicyclic) bond motifs is 2. The van der Waals surface area contributed by atoms with Crippen LogP contribution in [0.15, 0.2) is 71.8 Å². The van der Waals surface area contributed by atoms with Gasteiger partial charge < -0.3 is 14.8 Å². The largest absolute Gasteiger partial charge is 0.497 e. The minimum Gasteiger partial charge on any atom is -0.497 e. The molecular weight excluding hydrogens is 734 g/mol. The number of anilines is 1. The number of methoxy groups -OCH3 is 1. The number of benzene rings is 3. The van der Waals surface area contributed by atoms with Crippen molar-refractivity contribution in [2.24, 2.45) is 7.05 Å². The molecule has 53 heavy (non-hydrogen) atoms. The monoisotopic (exact) mass is 768 g/mol. The van der Waals surface area contributed by atoms with E-state index in [0.29, 0.717) is 17.4 Å². The van der Waals surface area contributed by atoms with Crippen LogP contribution >= 0.6 is 11.6 Å². The van der Waals surface area contributed by atoms with Crippen LogP contribution in [0.3, 0.4) is 0 Å². The molecule has 3 aromatic carbocycles. The number of aryl methyl sites for hydroxylation is 1. The molecule has 0 saturated carbocycles. The zero-order valence-corrected chi connectivity index (χ0v) is 31.0. The van der Waals surface area contributed by atoms with Crippen LogP contribution in [0, 0.1) is 11.6 Å². The van der Waals surface area contributed by atoms with Gasteiger partial charge in [-0.2, -0.15) is 10.2 Å². The highest BCUT2D eigenvalue weighted by atomic mass is 35.5. The van der Waals surface area contributed by atoms with Crippen molar-refractivity contribution in [1.29, 1.82) is 0 Å². The Morgan fingerprint density at radius 3 is 2.34 bits per heavy atom. The van der Waals surface area contributed by atoms with Crippen molar-refractivity contribution >= 4 is 50.1 Å². The van der Waals surface area contributed by atoms with Gasteiger partial charge in [-0.15, -0.1) is 0 Å². The van der Waals surface area contributed by atoms with Gasteiger partial charge in [0.1, 0.15) is 23.0 Å². The van der Waals surface area contributed by atoms with E-state index in [0.717, 1.165) is 22.7 Å². The topological polar surface area (TPSA) is 155 Å². The van der Waals surface area contributed by atoms with Crippen molar-refractivity contribution in [2.75, 3.05) is 17.7 Å². The van der Waals surface area contributed by atoms with Crippen molar-refractivity contribution < 1.29 is 31.5 Å². The summed E-state index contributed by atoms with van der Waals surface area (Å²) in [6.07, 6.45) is 2.70. The molecule has 6 aromatic rings. The van der Waals surface area contributed by atoms with E-state index in [1.807, 2.05) is 0 Å². The van der Waals surface area contributed by atoms with E-state index in [-0.39, 0.29) is 57.4 Å². The summed E-state index contributed by atoms with van der Waals surface area (Å²) in [5.41, 5.74) is -0.574. The molecular formula is C35H35ClF2N8O6S. The molecule has 0 aliphatic heterocycles. The second kappa shape index (κ2) is 14.1. The molecule has 0 aliphatic carbocycles. The summed E-state index contributed by atoms with van der Waals surface area (Å²) in [7, 11) is -0.903. The molecule has 0 spiro atoms. The number of imidazole rings is 1. The Bertz CT molecular complexity index is 2510. The van der Waals surface area contributed by atoms with Crippen LogP contribution < -0.4 is 19.9 Å². The highest BCUT2D eigenvalue weighted by Crippen LogP contribution is 2.38. The zero-order valence-electron chi connectivity index (χ0n) is 29.5. The van der Waals surface area contributed by atoms with Gasteiger partial charge in [-0.05, 0) is 68.3 Å². The number of rotatable bonds is 10. The predicted octanol–water partition coefficient (Wildman–Crippen LogP) is 5.48. The Kier molecular flexibility index (Phi) is 9.91. The Morgan fingerprint density at radius 1 is 1.04 bits per heavy atom. The van der Waals surface area contributed by atoms with Gasteiger partial charge in [-0.3, -0.25) is 14.0 Å². The number of hydrogen-bond donors (Lipinski definition) is 1. The van der Waals surface area contributed by atoms with Crippen molar-refractivity contribution in [3.63, 3.8) is 0 Å². The Balaban J connectivity index is 1.59. The summed E-state index contributed by atoms with van der Waals surface area (Å²) in [5.74, 6) is -1.21. The van der Waals surface area contributed by atoms with E-state index >= 15 is 0 Å². The molecule has 14 nitrogen and oxygen atoms in total. The lowest BCUT2D eigenvalue weighted by Gasteiger charge is -2.25. The summed E-state index contributed by atoms with van der Waals surface area (Å²) in [6, 6.07) is 11.5. The fraction of sp³-hybridized carbons (Fsp3) is 0.286. The number of amides is 1. The fourth-order valence-corrected chi connectivity index (χ4v) is 6.97. The van der Waals surface area contributed by atoms with E-state index < -0.39 is 45.0 Å². The zero-order chi connectivity index (χ0) is 38.4. The van der Waals surface area contributed by atoms with Gasteiger partial charge in [0.2, 0.25) is 15.7 Å². The Hall–Kier alpha value is -5.55. The van der Waals surface area contributed by atoms with E-state index in [4.69, 9.17) is 21.1 Å². The number of carbonyl (C=O) groups excluding carboxylic acids is 1. The molecule has 0 aliphatic rings. The number of hydrogen-bond acceptors (Lipinski definition) is 9. The first kappa shape index (κ1) is 37.2. The van der Waals surface area contributed by atoms with E-state index in [2.05, 4.69) is 20.5 Å². The average molecular weight is 769 g/mol. The molecule has 278 valence electrons. The maximum Gasteiger partial charge on any atom is 0.408 e. The van der Waals surface area contributed by atoms with E-state index in [1.54, 1.807) is 52.1 Å². The summed E-state index contributed by atoms with van der Waals surface area (Å²) in [5, 5.41) is 12.3. The standard InChI is InChI=1S/C35H35ClF2N8O6S/c1-35(2,3)52-34(48)40-26(17-21-15-22(37)18-23(38)16-21)30-42-44-14-13-39-32(44)33(47)46(30)27-12-11-25(36)28-29(27)43(4)41-31(28)45(53(6,49)50)19-20-7-9-24(51-5)10-8-20/h7-16,18,26H,17,19H2,1-6H3,(H,40,48)/t26-/m0/s1. The minimum atomic E-state index is -3.97. The van der Waals surface area contributed by atoms with Gasteiger partial charge >= 0.3 is 11.7 Å². The maximum atomic E-state index is 14.4. The molecule has 1 N–H and O–H groups in total. The molecule has 1 amide bonds. The number of alkyl carbamates (subject to hydrolysis) is 1. The van der Waals surface area contributed by atoms with E-state index in [1.165, 1.54) is 45.4 Å². The van der Waals surface area contributed by atoms with Gasteiger partial charge in [0.25, 0.3) is 0 Å². The van der Waals surface area contributed by atoms with Gasteiger partial charge in [-0.25, -0.2) is 35.8 Å². The van der Waals surface area contributed by atoms with E-state index in [9.17, 15) is 26.8 Å². The number of carbonyl (C=O) groups is 1. The lowest BCUT2D eigenvalue weighted by atomic mass is 10.0. The molecule has 0 radical (unpaired) electrons. The average Bonchev–Trinajstić information content (AvgIpc) is 3.67. The molecule has 3 aromatic heterocycles. The SMILES string of the molecule is COc1ccc(CN(c2nn(C)c3c(-n4c([C@H](Cc5cc(F)cc(F)c5)NC(=O)OC(C)(C)C)nn5ccnc5c4=O)ccc(Cl)c23)S(C)(=O)=O)cc1. The third kappa shape index (κ3) is 7.80. The highest BCUT2D eigenvalue weighted by Gasteiger charge is 2.31. The maximum absolute atomic E-state index is 14.4. The minimum absolute atomic E-state index is 0.0178. The summed E-state index contributed by atoms with van der Waals surface area (Å²) >= 11 is 6.80. The molecule has 3 heterocycles. The van der Waals surface area contributed by atoms with Crippen LogP contribution in [0.1, 0.15) is 43.8 Å². The number of aromatic nitrogens is 6. The number of sulfonamides is 1. The first-order valence-electron chi connectivity index (χ1n) is 16.1. The van der Waals surface area contributed by atoms with Gasteiger partial charge in [0, 0.05) is 31.9 Å². The molecule has 0 fully saturated rings. The summed E-state index contributed by atoms with van der Waals surface area (Å²) < 4.78 is 71.1. The summed E-state index contributed by atoms with van der Waals surface area (Å²) in [4.78, 5) is 31.9. The smallest absolute Gasteiger partial charge is 0.408 e. The third-order valence-corrected chi connectivity index (χ3v) is 9.50. The second-order valence-electron chi connectivity index (χ2n) is 13.2. The molecule has 0 unspecified atom stereocenters. The van der Waals surface area contributed by atoms with Crippen molar-refractivity contribution in [3.8, 4) is 11.4 Å². The van der Waals surface area contributed by atoms with Crippen molar-refractivity contribution in [1.82, 2.24) is 34.3 Å². The highest BCUT2D eigenvalue weighted by molar-refractivity contribution is 7.92. The third-order valence-electron chi connectivity index (χ3n) is 8.08. The number of halogens is 3. The molecule has 6 rings (SSSR count). The van der Waals surface area contributed by atoms with Crippen LogP contribution in [-0.4, -0.2) is 62.4 Å². The fourth-order valence-electron chi connectivity index (χ4n) is 5.91. The number of nitrogens with zero attached hydrogens (tertiary/aromatic N) is 7. The predicted molar refractivity (Wildman–Crippen MR) is 194 cm³/mol. The van der Waals surface area contributed by atoms with Crippen LogP contribution in [-0.2, 0) is 34.8 Å². The van der Waals surface area contributed by atoms with Crippen LogP contribution in [0.2, 0.25) is 5.02 Å². The molecule has 18 heteroatoms. The molecule has 0 saturated heterocycles. The first-order chi connectivity index (χ1) is 24.9. The Labute approximate surface area is 307 Å². The quantitative estimate of drug-likeness (QED) is 0.191. The van der Waals surface area contributed by atoms with Crippen LogP contribution in [0.25, 0.3) is 22.2 Å². The normalized spacial score (nSPS) is 12.6. The lowest BCUT2D eigenvalue weighted by Crippen LogP contribution is -2.39. The number of ether oxygens (including phenoxy) is 2. The Morgan fingerprint density at radius 2 is 1.72 bits per heavy atom. The lowest BCUT2D eigenvalue weighted by molar-refractivity contribution is 0.0500. The van der Waals surface area contributed by atoms with Gasteiger partial charge in [-0.1, -0.05) is 23.7 Å². The van der Waals surface area contributed by atoms with Gasteiger partial charge in [0.15, 0.2) is 11.6 Å². The van der Waals surface area contributed by atoms with Crippen molar-refractivity contribution in [2.45, 2.75) is 45.4 Å². The first-order valence-corrected chi connectivity index (χ1v) is 18.3. The second-order valence-corrected chi connectivity index (χ2v) is 15.5. The number of nitrogens with one attached hydrogen (secondary N) is 1. The molecule has 1 atom stereocenters. The van der Waals surface area contributed by atoms with Crippen LogP contribution in [0.5, 0.6) is 5.75 Å². The molecule has 0 bridgehead atoms.